The highest BCUT2D eigenvalue weighted by molar-refractivity contribution is 5.39. The molecule has 0 aromatic carbocycles. The molecule has 0 aliphatic carbocycles. The lowest BCUT2D eigenvalue weighted by atomic mass is 10.0. The molecule has 19 heavy (non-hydrogen) atoms. The highest BCUT2D eigenvalue weighted by Crippen LogP contribution is 2.18. The Balaban J connectivity index is 2.17. The van der Waals surface area contributed by atoms with Crippen molar-refractivity contribution in [1.82, 2.24) is 20.3 Å². The van der Waals surface area contributed by atoms with Crippen LogP contribution in [0.25, 0.3) is 0 Å². The molecule has 5 nitrogen and oxygen atoms in total. The van der Waals surface area contributed by atoms with E-state index in [-0.39, 0.29) is 6.04 Å². The van der Waals surface area contributed by atoms with E-state index in [1.807, 2.05) is 12.1 Å². The molecule has 0 amide bonds. The van der Waals surface area contributed by atoms with Gasteiger partial charge in [-0.05, 0) is 31.0 Å². The molecule has 3 N–H and O–H groups in total. The van der Waals surface area contributed by atoms with Crippen LogP contribution in [0.3, 0.4) is 0 Å². The molecule has 5 heteroatoms. The first-order valence-electron chi connectivity index (χ1n) is 6.50. The number of hydrogen-bond donors (Lipinski definition) is 2. The Kier molecular flexibility index (Phi) is 4.80. The molecule has 0 aliphatic heterocycles. The third kappa shape index (κ3) is 3.72. The monoisotopic (exact) mass is 257 g/mol. The van der Waals surface area contributed by atoms with Crippen LogP contribution in [0.15, 0.2) is 36.9 Å². The largest absolute Gasteiger partial charge is 0.383 e. The second-order valence-corrected chi connectivity index (χ2v) is 4.39. The molecule has 0 aliphatic rings. The normalized spacial score (nSPS) is 12.3. The maximum atomic E-state index is 5.90. The zero-order chi connectivity index (χ0) is 13.5. The van der Waals surface area contributed by atoms with Crippen molar-refractivity contribution >= 4 is 5.82 Å². The molecule has 0 fully saturated rings. The quantitative estimate of drug-likeness (QED) is 0.824. The second kappa shape index (κ2) is 6.80. The SMILES string of the molecule is CCCNC(Cc1cccnc1N)c1cnccn1. The fraction of sp³-hybridized carbons (Fsp3) is 0.357. The third-order valence-corrected chi connectivity index (χ3v) is 2.93. The summed E-state index contributed by atoms with van der Waals surface area (Å²) in [5.74, 6) is 0.578. The van der Waals surface area contributed by atoms with Gasteiger partial charge >= 0.3 is 0 Å². The lowest BCUT2D eigenvalue weighted by Crippen LogP contribution is -2.25. The van der Waals surface area contributed by atoms with Gasteiger partial charge in [-0.25, -0.2) is 4.98 Å². The summed E-state index contributed by atoms with van der Waals surface area (Å²) in [6, 6.07) is 4.01. The average molecular weight is 257 g/mol. The number of anilines is 1. The molecule has 0 radical (unpaired) electrons. The Morgan fingerprint density at radius 1 is 1.26 bits per heavy atom. The minimum Gasteiger partial charge on any atom is -0.383 e. The Bertz CT molecular complexity index is 500. The average Bonchev–Trinajstić information content (AvgIpc) is 2.46. The van der Waals surface area contributed by atoms with E-state index < -0.39 is 0 Å². The van der Waals surface area contributed by atoms with Crippen LogP contribution in [-0.2, 0) is 6.42 Å². The van der Waals surface area contributed by atoms with Crippen molar-refractivity contribution in [2.75, 3.05) is 12.3 Å². The minimum atomic E-state index is 0.111. The van der Waals surface area contributed by atoms with Gasteiger partial charge in [0.25, 0.3) is 0 Å². The van der Waals surface area contributed by atoms with Crippen LogP contribution >= 0.6 is 0 Å². The van der Waals surface area contributed by atoms with E-state index in [4.69, 9.17) is 5.73 Å². The van der Waals surface area contributed by atoms with Crippen molar-refractivity contribution < 1.29 is 0 Å². The minimum absolute atomic E-state index is 0.111. The van der Waals surface area contributed by atoms with Crippen molar-refractivity contribution in [2.45, 2.75) is 25.8 Å². The van der Waals surface area contributed by atoms with Gasteiger partial charge in [0.05, 0.1) is 11.7 Å². The first kappa shape index (κ1) is 13.4. The lowest BCUT2D eigenvalue weighted by Gasteiger charge is -2.18. The fourth-order valence-electron chi connectivity index (χ4n) is 1.93. The summed E-state index contributed by atoms with van der Waals surface area (Å²) in [5.41, 5.74) is 7.86. The zero-order valence-electron chi connectivity index (χ0n) is 11.1. The molecular formula is C14H19N5. The van der Waals surface area contributed by atoms with Crippen molar-refractivity contribution in [2.24, 2.45) is 0 Å². The Morgan fingerprint density at radius 3 is 2.84 bits per heavy atom. The molecule has 0 spiro atoms. The highest BCUT2D eigenvalue weighted by atomic mass is 14.9. The Hall–Kier alpha value is -2.01. The van der Waals surface area contributed by atoms with Crippen LogP contribution in [-0.4, -0.2) is 21.5 Å². The first-order chi connectivity index (χ1) is 9.31. The molecule has 2 aromatic heterocycles. The Labute approximate surface area is 113 Å². The van der Waals surface area contributed by atoms with Crippen molar-refractivity contribution in [3.8, 4) is 0 Å². The van der Waals surface area contributed by atoms with Crippen LogP contribution in [0.5, 0.6) is 0 Å². The number of nitrogens with zero attached hydrogens (tertiary/aromatic N) is 3. The van der Waals surface area contributed by atoms with E-state index in [1.54, 1.807) is 24.8 Å². The summed E-state index contributed by atoms with van der Waals surface area (Å²) in [6.45, 7) is 3.07. The molecule has 2 aromatic rings. The van der Waals surface area contributed by atoms with Crippen molar-refractivity contribution in [3.05, 3.63) is 48.2 Å². The third-order valence-electron chi connectivity index (χ3n) is 2.93. The topological polar surface area (TPSA) is 76.7 Å². The molecule has 0 bridgehead atoms. The van der Waals surface area contributed by atoms with E-state index in [2.05, 4.69) is 27.2 Å². The lowest BCUT2D eigenvalue weighted by molar-refractivity contribution is 0.516. The van der Waals surface area contributed by atoms with Gasteiger partial charge in [0, 0.05) is 24.8 Å². The number of aromatic nitrogens is 3. The van der Waals surface area contributed by atoms with Gasteiger partial charge in [-0.15, -0.1) is 0 Å². The maximum Gasteiger partial charge on any atom is 0.126 e. The van der Waals surface area contributed by atoms with Crippen LogP contribution in [0.1, 0.15) is 30.6 Å². The van der Waals surface area contributed by atoms with Crippen LogP contribution in [0.4, 0.5) is 5.82 Å². The Morgan fingerprint density at radius 2 is 2.16 bits per heavy atom. The summed E-state index contributed by atoms with van der Waals surface area (Å²) >= 11 is 0. The van der Waals surface area contributed by atoms with Gasteiger partial charge in [-0.2, -0.15) is 0 Å². The number of nitrogens with two attached hydrogens (primary N) is 1. The van der Waals surface area contributed by atoms with Gasteiger partial charge < -0.3 is 11.1 Å². The number of rotatable bonds is 6. The van der Waals surface area contributed by atoms with E-state index in [0.717, 1.165) is 30.6 Å². The maximum absolute atomic E-state index is 5.90. The summed E-state index contributed by atoms with van der Waals surface area (Å²) in [7, 11) is 0. The number of nitrogens with one attached hydrogen (secondary N) is 1. The fourth-order valence-corrected chi connectivity index (χ4v) is 1.93. The zero-order valence-corrected chi connectivity index (χ0v) is 11.1. The summed E-state index contributed by atoms with van der Waals surface area (Å²) in [6.07, 6.45) is 8.72. The van der Waals surface area contributed by atoms with E-state index >= 15 is 0 Å². The predicted molar refractivity (Wildman–Crippen MR) is 75.4 cm³/mol. The van der Waals surface area contributed by atoms with E-state index in [1.165, 1.54) is 0 Å². The van der Waals surface area contributed by atoms with Crippen molar-refractivity contribution in [3.63, 3.8) is 0 Å². The molecule has 1 atom stereocenters. The van der Waals surface area contributed by atoms with Crippen molar-refractivity contribution in [1.29, 1.82) is 0 Å². The molecule has 0 saturated heterocycles. The number of nitrogen functional groups attached to an aromatic ring is 1. The van der Waals surface area contributed by atoms with Crippen LogP contribution < -0.4 is 11.1 Å². The van der Waals surface area contributed by atoms with Crippen LogP contribution in [0.2, 0.25) is 0 Å². The van der Waals surface area contributed by atoms with Gasteiger partial charge in [-0.3, -0.25) is 9.97 Å². The van der Waals surface area contributed by atoms with Gasteiger partial charge in [0.15, 0.2) is 0 Å². The molecular weight excluding hydrogens is 238 g/mol. The molecule has 0 saturated carbocycles. The van der Waals surface area contributed by atoms with Crippen LogP contribution in [0, 0.1) is 0 Å². The highest BCUT2D eigenvalue weighted by Gasteiger charge is 2.14. The summed E-state index contributed by atoms with van der Waals surface area (Å²) in [4.78, 5) is 12.6. The smallest absolute Gasteiger partial charge is 0.126 e. The standard InChI is InChI=1S/C14H19N5/c1-2-5-17-12(13-10-16-7-8-18-13)9-11-4-3-6-19-14(11)15/h3-4,6-8,10,12,17H,2,5,9H2,1H3,(H2,15,19). The number of pyridine rings is 1. The summed E-state index contributed by atoms with van der Waals surface area (Å²) < 4.78 is 0. The second-order valence-electron chi connectivity index (χ2n) is 4.39. The molecule has 100 valence electrons. The predicted octanol–water partition coefficient (Wildman–Crippen LogP) is 1.74. The van der Waals surface area contributed by atoms with E-state index in [0.29, 0.717) is 5.82 Å². The van der Waals surface area contributed by atoms with Gasteiger partial charge in [0.1, 0.15) is 5.82 Å². The first-order valence-corrected chi connectivity index (χ1v) is 6.50. The van der Waals surface area contributed by atoms with E-state index in [9.17, 15) is 0 Å². The molecule has 2 heterocycles. The number of hydrogen-bond acceptors (Lipinski definition) is 5. The van der Waals surface area contributed by atoms with Gasteiger partial charge in [-0.1, -0.05) is 13.0 Å². The molecule has 1 unspecified atom stereocenters. The molecule has 2 rings (SSSR count). The van der Waals surface area contributed by atoms with Gasteiger partial charge in [0.2, 0.25) is 0 Å². The summed E-state index contributed by atoms with van der Waals surface area (Å²) in [5, 5.41) is 3.48.